The summed E-state index contributed by atoms with van der Waals surface area (Å²) < 4.78 is 0. The summed E-state index contributed by atoms with van der Waals surface area (Å²) in [6.45, 7) is 0.178. The molecule has 1 aromatic carbocycles. The van der Waals surface area contributed by atoms with E-state index < -0.39 is 16.4 Å². The Morgan fingerprint density at radius 2 is 2.08 bits per heavy atom. The third-order valence-electron chi connectivity index (χ3n) is 3.69. The molecule has 0 bridgehead atoms. The number of aromatic nitrogens is 1. The molecule has 0 aliphatic carbocycles. The molecule has 0 unspecified atom stereocenters. The first-order valence-corrected chi connectivity index (χ1v) is 7.75. The van der Waals surface area contributed by atoms with Crippen molar-refractivity contribution in [3.8, 4) is 0 Å². The summed E-state index contributed by atoms with van der Waals surface area (Å²) in [5.41, 5.74) is -0.546. The molecule has 0 fully saturated rings. The largest absolute Gasteiger partial charge is 0.350 e. The van der Waals surface area contributed by atoms with Gasteiger partial charge in [0.1, 0.15) is 5.56 Å². The Morgan fingerprint density at radius 3 is 2.68 bits per heavy atom. The highest BCUT2D eigenvalue weighted by Gasteiger charge is 2.20. The Morgan fingerprint density at radius 1 is 1.40 bits per heavy atom. The lowest BCUT2D eigenvalue weighted by Gasteiger charge is -2.25. The molecule has 0 aliphatic rings. The Labute approximate surface area is 148 Å². The van der Waals surface area contributed by atoms with Gasteiger partial charge in [-0.25, -0.2) is 0 Å². The summed E-state index contributed by atoms with van der Waals surface area (Å²) in [6, 6.07) is 7.97. The lowest BCUT2D eigenvalue weighted by Crippen LogP contribution is -2.36. The van der Waals surface area contributed by atoms with E-state index in [4.69, 9.17) is 11.6 Å². The number of carbonyl (C=O) groups is 1. The van der Waals surface area contributed by atoms with Crippen LogP contribution in [0.4, 0.5) is 5.69 Å². The zero-order valence-corrected chi connectivity index (χ0v) is 14.4. The number of hydrogen-bond acceptors (Lipinski definition) is 5. The number of nitrogens with one attached hydrogen (secondary N) is 2. The van der Waals surface area contributed by atoms with Gasteiger partial charge in [-0.15, -0.1) is 0 Å². The lowest BCUT2D eigenvalue weighted by molar-refractivity contribution is -0.385. The molecule has 1 amide bonds. The van der Waals surface area contributed by atoms with E-state index in [1.807, 2.05) is 31.1 Å². The van der Waals surface area contributed by atoms with Gasteiger partial charge in [-0.05, 0) is 25.7 Å². The number of rotatable bonds is 6. The number of pyridine rings is 1. The Balaban J connectivity index is 2.20. The van der Waals surface area contributed by atoms with E-state index in [1.54, 1.807) is 12.1 Å². The number of amides is 1. The molecule has 132 valence electrons. The molecule has 1 heterocycles. The van der Waals surface area contributed by atoms with Crippen molar-refractivity contribution in [2.45, 2.75) is 6.04 Å². The molecule has 0 aliphatic heterocycles. The number of carbonyl (C=O) groups excluding carboxylic acids is 1. The van der Waals surface area contributed by atoms with Crippen LogP contribution in [0.1, 0.15) is 22.0 Å². The van der Waals surface area contributed by atoms with Crippen molar-refractivity contribution in [3.05, 3.63) is 73.1 Å². The second-order valence-electron chi connectivity index (χ2n) is 5.57. The molecular weight excluding hydrogens is 348 g/mol. The van der Waals surface area contributed by atoms with Gasteiger partial charge in [-0.2, -0.15) is 0 Å². The van der Waals surface area contributed by atoms with E-state index in [2.05, 4.69) is 10.3 Å². The predicted molar refractivity (Wildman–Crippen MR) is 93.9 cm³/mol. The first kappa shape index (κ1) is 18.6. The maximum Gasteiger partial charge on any atom is 0.286 e. The van der Waals surface area contributed by atoms with Crippen LogP contribution in [0.5, 0.6) is 0 Å². The van der Waals surface area contributed by atoms with E-state index in [-0.39, 0.29) is 23.8 Å². The molecule has 0 saturated heterocycles. The normalized spacial score (nSPS) is 12.0. The van der Waals surface area contributed by atoms with Gasteiger partial charge in [0.05, 0.1) is 17.2 Å². The molecule has 1 aromatic heterocycles. The minimum Gasteiger partial charge on any atom is -0.350 e. The average Bonchev–Trinajstić information content (AvgIpc) is 2.56. The fraction of sp³-hybridized carbons (Fsp3) is 0.250. The highest BCUT2D eigenvalue weighted by molar-refractivity contribution is 6.31. The highest BCUT2D eigenvalue weighted by Crippen LogP contribution is 2.25. The van der Waals surface area contributed by atoms with Gasteiger partial charge in [0, 0.05) is 17.6 Å². The van der Waals surface area contributed by atoms with Gasteiger partial charge in [-0.1, -0.05) is 29.8 Å². The molecule has 9 heteroatoms. The molecule has 25 heavy (non-hydrogen) atoms. The first-order valence-electron chi connectivity index (χ1n) is 7.37. The van der Waals surface area contributed by atoms with Crippen LogP contribution >= 0.6 is 11.6 Å². The van der Waals surface area contributed by atoms with Crippen LogP contribution in [0.15, 0.2) is 41.3 Å². The summed E-state index contributed by atoms with van der Waals surface area (Å²) >= 11 is 6.21. The van der Waals surface area contributed by atoms with Crippen LogP contribution in [-0.2, 0) is 0 Å². The SMILES string of the molecule is CN(C)[C@H](CNC(=O)c1cc([N+](=O)[O-])c[nH]c1=O)c1ccccc1Cl. The molecule has 0 saturated carbocycles. The van der Waals surface area contributed by atoms with E-state index in [0.717, 1.165) is 17.8 Å². The zero-order valence-electron chi connectivity index (χ0n) is 13.7. The standard InChI is InChI=1S/C16H17ClN4O4/c1-20(2)14(11-5-3-4-6-13(11)17)9-19-16(23)12-7-10(21(24)25)8-18-15(12)22/h3-8,14H,9H2,1-2H3,(H,18,22)(H,19,23)/t14-/m1/s1. The fourth-order valence-electron chi connectivity index (χ4n) is 2.35. The molecular formula is C16H17ClN4O4. The van der Waals surface area contributed by atoms with Crippen molar-refractivity contribution in [2.75, 3.05) is 20.6 Å². The third-order valence-corrected chi connectivity index (χ3v) is 4.03. The maximum absolute atomic E-state index is 12.3. The van der Waals surface area contributed by atoms with Gasteiger partial charge in [0.15, 0.2) is 0 Å². The lowest BCUT2D eigenvalue weighted by atomic mass is 10.1. The van der Waals surface area contributed by atoms with Crippen LogP contribution in [-0.4, -0.2) is 41.4 Å². The van der Waals surface area contributed by atoms with E-state index in [1.165, 1.54) is 0 Å². The summed E-state index contributed by atoms with van der Waals surface area (Å²) in [5.74, 6) is -0.691. The molecule has 1 atom stereocenters. The number of nitrogens with zero attached hydrogens (tertiary/aromatic N) is 2. The second-order valence-corrected chi connectivity index (χ2v) is 5.98. The summed E-state index contributed by atoms with van der Waals surface area (Å²) in [6.07, 6.45) is 0.950. The smallest absolute Gasteiger partial charge is 0.286 e. The van der Waals surface area contributed by atoms with Crippen LogP contribution < -0.4 is 10.9 Å². The molecule has 0 radical (unpaired) electrons. The summed E-state index contributed by atoms with van der Waals surface area (Å²) in [7, 11) is 3.67. The van der Waals surface area contributed by atoms with E-state index in [0.29, 0.717) is 5.02 Å². The number of nitro groups is 1. The fourth-order valence-corrected chi connectivity index (χ4v) is 2.61. The number of aromatic amines is 1. The topological polar surface area (TPSA) is 108 Å². The van der Waals surface area contributed by atoms with Crippen LogP contribution in [0.3, 0.4) is 0 Å². The molecule has 8 nitrogen and oxygen atoms in total. The average molecular weight is 365 g/mol. The second kappa shape index (κ2) is 7.91. The van der Waals surface area contributed by atoms with Crippen LogP contribution in [0.2, 0.25) is 5.02 Å². The summed E-state index contributed by atoms with van der Waals surface area (Å²) in [5, 5.41) is 14.0. The third kappa shape index (κ3) is 4.43. The first-order chi connectivity index (χ1) is 11.8. The molecule has 2 rings (SSSR count). The van der Waals surface area contributed by atoms with Gasteiger partial charge in [-0.3, -0.25) is 19.7 Å². The van der Waals surface area contributed by atoms with Crippen molar-refractivity contribution >= 4 is 23.2 Å². The van der Waals surface area contributed by atoms with Crippen molar-refractivity contribution in [3.63, 3.8) is 0 Å². The van der Waals surface area contributed by atoms with E-state index in [9.17, 15) is 19.7 Å². The predicted octanol–water partition coefficient (Wildman–Crippen LogP) is 1.97. The highest BCUT2D eigenvalue weighted by atomic mass is 35.5. The van der Waals surface area contributed by atoms with E-state index >= 15 is 0 Å². The van der Waals surface area contributed by atoms with Crippen molar-refractivity contribution in [2.24, 2.45) is 0 Å². The number of H-pyrrole nitrogens is 1. The Bertz CT molecular complexity index is 850. The molecule has 2 N–H and O–H groups in total. The number of likely N-dealkylation sites (N-methyl/N-ethyl adjacent to an activating group) is 1. The van der Waals surface area contributed by atoms with Crippen LogP contribution in [0.25, 0.3) is 0 Å². The van der Waals surface area contributed by atoms with Crippen molar-refractivity contribution in [1.29, 1.82) is 0 Å². The van der Waals surface area contributed by atoms with Crippen molar-refractivity contribution in [1.82, 2.24) is 15.2 Å². The summed E-state index contributed by atoms with van der Waals surface area (Å²) in [4.78, 5) is 38.2. The van der Waals surface area contributed by atoms with Crippen molar-refractivity contribution < 1.29 is 9.72 Å². The Hall–Kier alpha value is -2.71. The minimum absolute atomic E-state index is 0.178. The maximum atomic E-state index is 12.3. The number of benzene rings is 1. The monoisotopic (exact) mass is 364 g/mol. The zero-order chi connectivity index (χ0) is 18.6. The molecule has 2 aromatic rings. The van der Waals surface area contributed by atoms with Gasteiger partial charge < -0.3 is 15.2 Å². The van der Waals surface area contributed by atoms with Gasteiger partial charge >= 0.3 is 0 Å². The quantitative estimate of drug-likeness (QED) is 0.601. The van der Waals surface area contributed by atoms with Gasteiger partial charge in [0.25, 0.3) is 17.2 Å². The Kier molecular flexibility index (Phi) is 5.89. The number of halogens is 1. The molecule has 0 spiro atoms. The van der Waals surface area contributed by atoms with Gasteiger partial charge in [0.2, 0.25) is 0 Å². The number of hydrogen-bond donors (Lipinski definition) is 2. The minimum atomic E-state index is -0.692. The van der Waals surface area contributed by atoms with Crippen LogP contribution in [0, 0.1) is 10.1 Å².